The summed E-state index contributed by atoms with van der Waals surface area (Å²) in [6.07, 6.45) is 0. The number of phenols is 3. The number of hydrogen-bond donors (Lipinski definition) is 4. The van der Waals surface area contributed by atoms with Crippen molar-refractivity contribution in [2.45, 2.75) is 13.8 Å². The van der Waals surface area contributed by atoms with Crippen molar-refractivity contribution in [1.82, 2.24) is 0 Å². The van der Waals surface area contributed by atoms with Gasteiger partial charge in [0.05, 0.1) is 0 Å². The molecule has 0 atom stereocenters. The summed E-state index contributed by atoms with van der Waals surface area (Å²) in [6.45, 7) is 3.28. The van der Waals surface area contributed by atoms with Gasteiger partial charge in [0.2, 0.25) is 5.75 Å². The van der Waals surface area contributed by atoms with Crippen molar-refractivity contribution in [3.8, 4) is 28.4 Å². The predicted octanol–water partition coefficient (Wildman–Crippen LogP) is 2.79. The number of carboxylic acids is 1. The maximum absolute atomic E-state index is 11.2. The zero-order valence-electron chi connectivity index (χ0n) is 11.0. The van der Waals surface area contributed by atoms with Crippen molar-refractivity contribution in [3.05, 3.63) is 41.0 Å². The first-order chi connectivity index (χ1) is 9.36. The minimum absolute atomic E-state index is 0.194. The van der Waals surface area contributed by atoms with Crippen LogP contribution in [0.2, 0.25) is 0 Å². The smallest absolute Gasteiger partial charge is 0.339 e. The molecule has 0 heterocycles. The van der Waals surface area contributed by atoms with Gasteiger partial charge in [0.25, 0.3) is 0 Å². The molecule has 5 heteroatoms. The summed E-state index contributed by atoms with van der Waals surface area (Å²) in [5.74, 6) is -3.56. The second-order valence-corrected chi connectivity index (χ2v) is 4.54. The van der Waals surface area contributed by atoms with E-state index in [0.29, 0.717) is 5.56 Å². The average Bonchev–Trinajstić information content (AvgIpc) is 2.38. The van der Waals surface area contributed by atoms with Crippen LogP contribution < -0.4 is 0 Å². The highest BCUT2D eigenvalue weighted by atomic mass is 16.4. The number of carboxylic acid groups (broad SMARTS) is 1. The minimum atomic E-state index is -1.37. The number of hydrogen-bond acceptors (Lipinski definition) is 4. The molecule has 104 valence electrons. The summed E-state index contributed by atoms with van der Waals surface area (Å²) in [4.78, 5) is 11.2. The number of phenolic OH excluding ortho intramolecular Hbond substituents is 2. The summed E-state index contributed by atoms with van der Waals surface area (Å²) < 4.78 is 0. The van der Waals surface area contributed by atoms with Crippen LogP contribution in [0.15, 0.2) is 24.3 Å². The van der Waals surface area contributed by atoms with Crippen LogP contribution in [0.5, 0.6) is 17.2 Å². The molecule has 0 aliphatic rings. The molecule has 0 aliphatic heterocycles. The van der Waals surface area contributed by atoms with Gasteiger partial charge in [-0.05, 0) is 30.5 Å². The van der Waals surface area contributed by atoms with Gasteiger partial charge in [-0.15, -0.1) is 0 Å². The van der Waals surface area contributed by atoms with Gasteiger partial charge >= 0.3 is 5.97 Å². The number of carbonyl (C=O) groups is 1. The lowest BCUT2D eigenvalue weighted by Gasteiger charge is -2.16. The number of aromatic carboxylic acids is 1. The number of rotatable bonds is 2. The standard InChI is InChI=1S/C15H14O5/c1-7-5-3-4-6-9(7)10-8(2)11(15(19)20)13(17)14(18)12(10)16/h3-6,16-18H,1-2H3,(H,19,20). The van der Waals surface area contributed by atoms with E-state index in [2.05, 4.69) is 0 Å². The van der Waals surface area contributed by atoms with Crippen LogP contribution in [0.1, 0.15) is 21.5 Å². The van der Waals surface area contributed by atoms with E-state index in [1.165, 1.54) is 6.92 Å². The third kappa shape index (κ3) is 1.93. The molecule has 0 spiro atoms. The van der Waals surface area contributed by atoms with Crippen LogP contribution in [0.25, 0.3) is 11.1 Å². The topological polar surface area (TPSA) is 98.0 Å². The highest BCUT2D eigenvalue weighted by Gasteiger charge is 2.26. The second kappa shape index (κ2) is 4.77. The van der Waals surface area contributed by atoms with Crippen molar-refractivity contribution < 1.29 is 25.2 Å². The third-order valence-corrected chi connectivity index (χ3v) is 3.30. The quantitative estimate of drug-likeness (QED) is 0.631. The van der Waals surface area contributed by atoms with Crippen molar-refractivity contribution >= 4 is 5.97 Å². The van der Waals surface area contributed by atoms with Gasteiger partial charge in [-0.2, -0.15) is 0 Å². The SMILES string of the molecule is Cc1ccccc1-c1c(C)c(C(=O)O)c(O)c(O)c1O. The molecule has 20 heavy (non-hydrogen) atoms. The Labute approximate surface area is 115 Å². The highest BCUT2D eigenvalue weighted by Crippen LogP contribution is 2.48. The first-order valence-electron chi connectivity index (χ1n) is 5.93. The average molecular weight is 274 g/mol. The van der Waals surface area contributed by atoms with Gasteiger partial charge in [-0.3, -0.25) is 0 Å². The van der Waals surface area contributed by atoms with Crippen LogP contribution in [-0.2, 0) is 0 Å². The maximum Gasteiger partial charge on any atom is 0.339 e. The lowest BCUT2D eigenvalue weighted by Crippen LogP contribution is -2.03. The van der Waals surface area contributed by atoms with E-state index in [1.807, 2.05) is 6.07 Å². The van der Waals surface area contributed by atoms with Gasteiger partial charge in [0.15, 0.2) is 11.5 Å². The molecular formula is C15H14O5. The number of aromatic hydroxyl groups is 3. The fourth-order valence-electron chi connectivity index (χ4n) is 2.27. The molecule has 0 saturated heterocycles. The fraction of sp³-hybridized carbons (Fsp3) is 0.133. The van der Waals surface area contributed by atoms with Crippen LogP contribution in [-0.4, -0.2) is 26.4 Å². The van der Waals surface area contributed by atoms with Crippen molar-refractivity contribution in [1.29, 1.82) is 0 Å². The van der Waals surface area contributed by atoms with Crippen LogP contribution in [0.4, 0.5) is 0 Å². The Balaban J connectivity index is 2.91. The highest BCUT2D eigenvalue weighted by molar-refractivity contribution is 5.98. The van der Waals surface area contributed by atoms with E-state index in [9.17, 15) is 20.1 Å². The molecule has 4 N–H and O–H groups in total. The summed E-state index contributed by atoms with van der Waals surface area (Å²) in [6, 6.07) is 7.06. The normalized spacial score (nSPS) is 10.5. The molecule has 0 aliphatic carbocycles. The number of aryl methyl sites for hydroxylation is 1. The molecule has 2 rings (SSSR count). The van der Waals surface area contributed by atoms with E-state index in [4.69, 9.17) is 5.11 Å². The molecule has 0 unspecified atom stereocenters. The molecule has 0 radical (unpaired) electrons. The van der Waals surface area contributed by atoms with Crippen molar-refractivity contribution in [2.24, 2.45) is 0 Å². The van der Waals surface area contributed by atoms with Gasteiger partial charge < -0.3 is 20.4 Å². The van der Waals surface area contributed by atoms with E-state index in [-0.39, 0.29) is 11.1 Å². The van der Waals surface area contributed by atoms with E-state index in [1.54, 1.807) is 25.1 Å². The Morgan fingerprint density at radius 3 is 2.10 bits per heavy atom. The molecule has 0 fully saturated rings. The van der Waals surface area contributed by atoms with Gasteiger partial charge in [-0.1, -0.05) is 24.3 Å². The van der Waals surface area contributed by atoms with Gasteiger partial charge in [-0.25, -0.2) is 4.79 Å². The Kier molecular flexibility index (Phi) is 3.28. The van der Waals surface area contributed by atoms with Crippen LogP contribution in [0.3, 0.4) is 0 Å². The maximum atomic E-state index is 11.2. The molecule has 0 amide bonds. The van der Waals surface area contributed by atoms with Gasteiger partial charge in [0, 0.05) is 5.56 Å². The van der Waals surface area contributed by atoms with Gasteiger partial charge in [0.1, 0.15) is 5.56 Å². The lowest BCUT2D eigenvalue weighted by molar-refractivity contribution is 0.0692. The first kappa shape index (κ1) is 13.7. The lowest BCUT2D eigenvalue weighted by atomic mass is 9.91. The van der Waals surface area contributed by atoms with Crippen LogP contribution >= 0.6 is 0 Å². The number of benzene rings is 2. The molecule has 0 aromatic heterocycles. The largest absolute Gasteiger partial charge is 0.504 e. The van der Waals surface area contributed by atoms with E-state index in [0.717, 1.165) is 5.56 Å². The van der Waals surface area contributed by atoms with E-state index < -0.39 is 28.8 Å². The van der Waals surface area contributed by atoms with E-state index >= 15 is 0 Å². The Morgan fingerprint density at radius 1 is 0.950 bits per heavy atom. The molecule has 2 aromatic carbocycles. The zero-order valence-corrected chi connectivity index (χ0v) is 11.0. The monoisotopic (exact) mass is 274 g/mol. The molecule has 5 nitrogen and oxygen atoms in total. The summed E-state index contributed by atoms with van der Waals surface area (Å²) in [5, 5.41) is 38.6. The minimum Gasteiger partial charge on any atom is -0.504 e. The summed E-state index contributed by atoms with van der Waals surface area (Å²) >= 11 is 0. The Hall–Kier alpha value is -2.69. The zero-order chi connectivity index (χ0) is 15.0. The third-order valence-electron chi connectivity index (χ3n) is 3.30. The van der Waals surface area contributed by atoms with Crippen molar-refractivity contribution in [2.75, 3.05) is 0 Å². The Bertz CT molecular complexity index is 704. The van der Waals surface area contributed by atoms with Crippen molar-refractivity contribution in [3.63, 3.8) is 0 Å². The molecule has 2 aromatic rings. The molecule has 0 saturated carbocycles. The summed E-state index contributed by atoms with van der Waals surface area (Å²) in [5.41, 5.74) is 1.39. The molecular weight excluding hydrogens is 260 g/mol. The Morgan fingerprint density at radius 2 is 1.55 bits per heavy atom. The summed E-state index contributed by atoms with van der Waals surface area (Å²) in [7, 11) is 0. The fourth-order valence-corrected chi connectivity index (χ4v) is 2.27. The first-order valence-corrected chi connectivity index (χ1v) is 5.93. The molecule has 0 bridgehead atoms. The second-order valence-electron chi connectivity index (χ2n) is 4.54. The van der Waals surface area contributed by atoms with Crippen LogP contribution in [0, 0.1) is 13.8 Å². The predicted molar refractivity (Wildman–Crippen MR) is 73.3 cm³/mol.